The van der Waals surface area contributed by atoms with Crippen molar-refractivity contribution in [3.63, 3.8) is 0 Å². The number of thiophene rings is 1. The zero-order valence-electron chi connectivity index (χ0n) is 18.3. The Bertz CT molecular complexity index is 1140. The minimum absolute atomic E-state index is 0.0486. The minimum Gasteiger partial charge on any atom is -0.484 e. The largest absolute Gasteiger partial charge is 0.484 e. The van der Waals surface area contributed by atoms with Crippen LogP contribution in [-0.2, 0) is 21.4 Å². The van der Waals surface area contributed by atoms with E-state index >= 15 is 0 Å². The second kappa shape index (κ2) is 10.3. The van der Waals surface area contributed by atoms with Crippen molar-refractivity contribution in [1.29, 1.82) is 0 Å². The number of aromatic nitrogens is 1. The quantitative estimate of drug-likeness (QED) is 0.487. The summed E-state index contributed by atoms with van der Waals surface area (Å²) in [7, 11) is -2.07. The third kappa shape index (κ3) is 5.70. The summed E-state index contributed by atoms with van der Waals surface area (Å²) in [4.78, 5) is 20.7. The number of hydrogen-bond donors (Lipinski definition) is 0. The van der Waals surface area contributed by atoms with Crippen LogP contribution in [0.25, 0.3) is 0 Å². The van der Waals surface area contributed by atoms with Gasteiger partial charge in [-0.15, -0.1) is 11.3 Å². The maximum atomic E-state index is 12.6. The summed E-state index contributed by atoms with van der Waals surface area (Å²) in [6, 6.07) is 14.0. The number of amides is 1. The zero-order valence-corrected chi connectivity index (χ0v) is 20.0. The van der Waals surface area contributed by atoms with Crippen molar-refractivity contribution >= 4 is 33.0 Å². The van der Waals surface area contributed by atoms with Crippen molar-refractivity contribution in [3.05, 3.63) is 71.9 Å². The van der Waals surface area contributed by atoms with Crippen molar-refractivity contribution in [2.75, 3.05) is 44.1 Å². The number of anilines is 1. The van der Waals surface area contributed by atoms with Crippen LogP contribution in [0.2, 0.25) is 0 Å². The van der Waals surface area contributed by atoms with Crippen LogP contribution in [0.15, 0.2) is 70.5 Å². The van der Waals surface area contributed by atoms with Crippen molar-refractivity contribution in [1.82, 2.24) is 14.8 Å². The van der Waals surface area contributed by atoms with E-state index in [1.54, 1.807) is 54.2 Å². The Morgan fingerprint density at radius 2 is 1.76 bits per heavy atom. The van der Waals surface area contributed by atoms with Gasteiger partial charge in [-0.3, -0.25) is 19.0 Å². The number of carbonyl (C=O) groups is 1. The smallest absolute Gasteiger partial charge is 0.273 e. The van der Waals surface area contributed by atoms with Crippen LogP contribution in [0.3, 0.4) is 0 Å². The third-order valence-electron chi connectivity index (χ3n) is 5.55. The molecule has 1 aromatic carbocycles. The van der Waals surface area contributed by atoms with Crippen molar-refractivity contribution in [2.24, 2.45) is 0 Å². The van der Waals surface area contributed by atoms with Crippen LogP contribution in [0, 0.1) is 0 Å². The zero-order chi connectivity index (χ0) is 23.3. The van der Waals surface area contributed by atoms with Crippen LogP contribution in [-0.4, -0.2) is 68.9 Å². The molecule has 3 aromatic rings. The highest BCUT2D eigenvalue weighted by molar-refractivity contribution is 7.94. The Kier molecular flexibility index (Phi) is 7.26. The average Bonchev–Trinajstić information content (AvgIpc) is 3.40. The molecule has 0 bridgehead atoms. The molecule has 0 unspecified atom stereocenters. The lowest BCUT2D eigenvalue weighted by Crippen LogP contribution is -2.49. The first-order valence-corrected chi connectivity index (χ1v) is 12.9. The summed E-state index contributed by atoms with van der Waals surface area (Å²) in [5, 5.41) is 1.73. The number of carbonyl (C=O) groups excluding carboxylic acids is 1. The minimum atomic E-state index is -3.58. The Hall–Kier alpha value is -2.95. The van der Waals surface area contributed by atoms with E-state index in [0.29, 0.717) is 24.5 Å². The molecule has 3 heterocycles. The fourth-order valence-corrected chi connectivity index (χ4v) is 5.93. The first-order valence-electron chi connectivity index (χ1n) is 10.6. The van der Waals surface area contributed by atoms with Gasteiger partial charge in [0, 0.05) is 52.2 Å². The number of nitrogens with zero attached hydrogens (tertiary/aromatic N) is 4. The highest BCUT2D eigenvalue weighted by Crippen LogP contribution is 2.26. The molecule has 1 aliphatic heterocycles. The van der Waals surface area contributed by atoms with E-state index in [1.165, 1.54) is 28.3 Å². The van der Waals surface area contributed by atoms with E-state index < -0.39 is 10.0 Å². The fourth-order valence-electron chi connectivity index (χ4n) is 3.57. The van der Waals surface area contributed by atoms with Gasteiger partial charge >= 0.3 is 0 Å². The molecule has 4 rings (SSSR count). The Labute approximate surface area is 198 Å². The average molecular weight is 487 g/mol. The summed E-state index contributed by atoms with van der Waals surface area (Å²) in [6.07, 6.45) is 3.58. The molecule has 1 amide bonds. The molecule has 8 nitrogen and oxygen atoms in total. The molecule has 2 aromatic heterocycles. The lowest BCUT2D eigenvalue weighted by Gasteiger charge is -2.34. The van der Waals surface area contributed by atoms with Crippen LogP contribution >= 0.6 is 11.3 Å². The summed E-state index contributed by atoms with van der Waals surface area (Å²) in [5.74, 6) is 0.463. The normalized spacial score (nSPS) is 14.8. The Balaban J connectivity index is 1.25. The number of benzene rings is 1. The van der Waals surface area contributed by atoms with Gasteiger partial charge in [0.25, 0.3) is 15.9 Å². The van der Waals surface area contributed by atoms with Crippen molar-refractivity contribution in [3.8, 4) is 5.75 Å². The van der Waals surface area contributed by atoms with Crippen molar-refractivity contribution < 1.29 is 17.9 Å². The topological polar surface area (TPSA) is 83.1 Å². The third-order valence-corrected chi connectivity index (χ3v) is 8.71. The SMILES string of the molecule is CN(c1ccc(OCC(=O)N2CCN(Cc3ccncc3)CC2)cc1)S(=O)(=O)c1cccs1. The lowest BCUT2D eigenvalue weighted by molar-refractivity contribution is -0.135. The maximum Gasteiger partial charge on any atom is 0.273 e. The molecule has 174 valence electrons. The lowest BCUT2D eigenvalue weighted by atomic mass is 10.2. The van der Waals surface area contributed by atoms with E-state index in [4.69, 9.17) is 4.74 Å². The van der Waals surface area contributed by atoms with Gasteiger partial charge in [-0.25, -0.2) is 8.42 Å². The number of hydrogen-bond acceptors (Lipinski definition) is 7. The first kappa shape index (κ1) is 23.2. The summed E-state index contributed by atoms with van der Waals surface area (Å²) >= 11 is 1.18. The Morgan fingerprint density at radius 1 is 1.06 bits per heavy atom. The van der Waals surface area contributed by atoms with E-state index in [0.717, 1.165) is 19.6 Å². The molecule has 1 saturated heterocycles. The second-order valence-corrected chi connectivity index (χ2v) is 10.8. The fraction of sp³-hybridized carbons (Fsp3) is 0.304. The number of sulfonamides is 1. The molecule has 0 N–H and O–H groups in total. The predicted octanol–water partition coefficient (Wildman–Crippen LogP) is 2.69. The summed E-state index contributed by atoms with van der Waals surface area (Å²) in [6.45, 7) is 3.76. The van der Waals surface area contributed by atoms with Crippen LogP contribution in [0.1, 0.15) is 5.56 Å². The number of pyridine rings is 1. The molecule has 0 saturated carbocycles. The summed E-state index contributed by atoms with van der Waals surface area (Å²) < 4.78 is 32.5. The van der Waals surface area contributed by atoms with Gasteiger partial charge in [0.15, 0.2) is 6.61 Å². The van der Waals surface area contributed by atoms with Crippen LogP contribution in [0.4, 0.5) is 5.69 Å². The number of piperazine rings is 1. The molecule has 33 heavy (non-hydrogen) atoms. The molecular formula is C23H26N4O4S2. The van der Waals surface area contributed by atoms with Gasteiger partial charge < -0.3 is 9.64 Å². The van der Waals surface area contributed by atoms with E-state index in [1.807, 2.05) is 17.0 Å². The van der Waals surface area contributed by atoms with E-state index in [9.17, 15) is 13.2 Å². The van der Waals surface area contributed by atoms with Gasteiger partial charge in [0.05, 0.1) is 5.69 Å². The van der Waals surface area contributed by atoms with Crippen LogP contribution in [0.5, 0.6) is 5.75 Å². The number of rotatable bonds is 8. The molecule has 1 aliphatic rings. The van der Waals surface area contributed by atoms with Crippen molar-refractivity contribution in [2.45, 2.75) is 10.8 Å². The second-order valence-electron chi connectivity index (χ2n) is 7.70. The molecule has 0 aliphatic carbocycles. The molecule has 0 atom stereocenters. The molecule has 0 spiro atoms. The Morgan fingerprint density at radius 3 is 2.39 bits per heavy atom. The summed E-state index contributed by atoms with van der Waals surface area (Å²) in [5.41, 5.74) is 1.73. The highest BCUT2D eigenvalue weighted by Gasteiger charge is 2.23. The van der Waals surface area contributed by atoms with E-state index in [-0.39, 0.29) is 16.7 Å². The van der Waals surface area contributed by atoms with E-state index in [2.05, 4.69) is 9.88 Å². The monoisotopic (exact) mass is 486 g/mol. The van der Waals surface area contributed by atoms with Gasteiger partial charge in [-0.05, 0) is 53.4 Å². The predicted molar refractivity (Wildman–Crippen MR) is 128 cm³/mol. The van der Waals surface area contributed by atoms with Gasteiger partial charge in [0.1, 0.15) is 9.96 Å². The highest BCUT2D eigenvalue weighted by atomic mass is 32.2. The van der Waals surface area contributed by atoms with Crippen LogP contribution < -0.4 is 9.04 Å². The van der Waals surface area contributed by atoms with Gasteiger partial charge in [-0.2, -0.15) is 0 Å². The standard InChI is InChI=1S/C23H26N4O4S2/c1-25(33(29,30)23-3-2-16-32-23)20-4-6-21(7-5-20)31-18-22(28)27-14-12-26(13-15-27)17-19-8-10-24-11-9-19/h2-11,16H,12-15,17-18H2,1H3. The first-order chi connectivity index (χ1) is 15.9. The number of ether oxygens (including phenoxy) is 1. The van der Waals surface area contributed by atoms with Gasteiger partial charge in [-0.1, -0.05) is 6.07 Å². The molecular weight excluding hydrogens is 460 g/mol. The maximum absolute atomic E-state index is 12.6. The molecule has 1 fully saturated rings. The molecule has 10 heteroatoms. The molecule has 0 radical (unpaired) electrons. The van der Waals surface area contributed by atoms with Gasteiger partial charge in [0.2, 0.25) is 0 Å².